The zero-order chi connectivity index (χ0) is 9.19. The summed E-state index contributed by atoms with van der Waals surface area (Å²) in [5.41, 5.74) is -0.203. The first-order valence-corrected chi connectivity index (χ1v) is 4.47. The van der Waals surface area contributed by atoms with Gasteiger partial charge in [0.25, 0.3) is 0 Å². The Morgan fingerprint density at radius 1 is 1.25 bits per heavy atom. The fraction of sp³-hybridized carbons (Fsp3) is 0.889. The normalized spacial score (nSPS) is 20.9. The molecule has 0 spiro atoms. The molecule has 0 unspecified atom stereocenters. The largest absolute Gasteiger partial charge is 0.304 e. The lowest BCUT2D eigenvalue weighted by atomic mass is 9.82. The Hall–Kier alpha value is -0.410. The molecule has 0 aromatic heterocycles. The highest BCUT2D eigenvalue weighted by Crippen LogP contribution is 2.20. The predicted molar refractivity (Wildman–Crippen MR) is 48.8 cm³/mol. The summed E-state index contributed by atoms with van der Waals surface area (Å²) in [5, 5.41) is 6.31. The highest BCUT2D eigenvalue weighted by molar-refractivity contribution is 5.86. The summed E-state index contributed by atoms with van der Waals surface area (Å²) in [5.74, 6) is 0.501. The minimum Gasteiger partial charge on any atom is -0.304 e. The molecule has 1 aliphatic rings. The van der Waals surface area contributed by atoms with Crippen molar-refractivity contribution in [2.45, 2.75) is 20.8 Å². The molecule has 0 atom stereocenters. The van der Waals surface area contributed by atoms with Crippen molar-refractivity contribution in [3.05, 3.63) is 0 Å². The van der Waals surface area contributed by atoms with Crippen LogP contribution in [0.2, 0.25) is 0 Å². The van der Waals surface area contributed by atoms with E-state index in [9.17, 15) is 4.79 Å². The minimum atomic E-state index is -0.203. The highest BCUT2D eigenvalue weighted by atomic mass is 16.1. The molecule has 0 bridgehead atoms. The molecule has 0 aromatic rings. The number of hydrogen-bond acceptors (Lipinski definition) is 3. The molecule has 1 rings (SSSR count). The Bertz CT molecular complexity index is 166. The van der Waals surface area contributed by atoms with Crippen LogP contribution < -0.4 is 10.6 Å². The third-order valence-electron chi connectivity index (χ3n) is 2.14. The molecule has 2 N–H and O–H groups in total. The maximum absolute atomic E-state index is 11.7. The maximum Gasteiger partial charge on any atom is 0.143 e. The lowest BCUT2D eigenvalue weighted by Gasteiger charge is -2.28. The van der Waals surface area contributed by atoms with Crippen molar-refractivity contribution in [1.82, 2.24) is 10.6 Å². The van der Waals surface area contributed by atoms with Crippen molar-refractivity contribution in [2.75, 3.05) is 19.8 Å². The van der Waals surface area contributed by atoms with Gasteiger partial charge in [0, 0.05) is 31.1 Å². The monoisotopic (exact) mass is 170 g/mol. The van der Waals surface area contributed by atoms with Crippen LogP contribution in [0.25, 0.3) is 0 Å². The van der Waals surface area contributed by atoms with E-state index in [4.69, 9.17) is 0 Å². The molecular formula is C9H18N2O. The van der Waals surface area contributed by atoms with E-state index in [0.717, 1.165) is 19.8 Å². The van der Waals surface area contributed by atoms with E-state index < -0.39 is 0 Å². The van der Waals surface area contributed by atoms with Gasteiger partial charge >= 0.3 is 0 Å². The van der Waals surface area contributed by atoms with Crippen molar-refractivity contribution in [3.8, 4) is 0 Å². The molecule has 1 saturated heterocycles. The molecule has 1 fully saturated rings. The second kappa shape index (κ2) is 3.54. The molecule has 3 nitrogen and oxygen atoms in total. The lowest BCUT2D eigenvalue weighted by molar-refractivity contribution is -0.130. The molecule has 1 aliphatic heterocycles. The number of carbonyl (C=O) groups is 1. The van der Waals surface area contributed by atoms with Crippen molar-refractivity contribution in [3.63, 3.8) is 0 Å². The van der Waals surface area contributed by atoms with Crippen molar-refractivity contribution in [1.29, 1.82) is 0 Å². The van der Waals surface area contributed by atoms with Crippen LogP contribution in [0, 0.1) is 11.3 Å². The van der Waals surface area contributed by atoms with Gasteiger partial charge in [-0.25, -0.2) is 0 Å². The van der Waals surface area contributed by atoms with E-state index in [-0.39, 0.29) is 11.3 Å². The van der Waals surface area contributed by atoms with Crippen LogP contribution in [0.5, 0.6) is 0 Å². The quantitative estimate of drug-likeness (QED) is 0.597. The van der Waals surface area contributed by atoms with E-state index in [0.29, 0.717) is 5.78 Å². The maximum atomic E-state index is 11.7. The van der Waals surface area contributed by atoms with Gasteiger partial charge in [-0.2, -0.15) is 0 Å². The molecule has 0 saturated carbocycles. The van der Waals surface area contributed by atoms with Crippen molar-refractivity contribution < 1.29 is 4.79 Å². The summed E-state index contributed by atoms with van der Waals surface area (Å²) < 4.78 is 0. The third-order valence-corrected chi connectivity index (χ3v) is 2.14. The van der Waals surface area contributed by atoms with E-state index >= 15 is 0 Å². The van der Waals surface area contributed by atoms with Crippen molar-refractivity contribution in [2.24, 2.45) is 11.3 Å². The van der Waals surface area contributed by atoms with Crippen LogP contribution in [-0.2, 0) is 4.79 Å². The number of hydrogen-bond donors (Lipinski definition) is 2. The SMILES string of the molecule is CC(C)(C)C(=O)C1CNCNC1. The smallest absolute Gasteiger partial charge is 0.143 e. The second-order valence-corrected chi connectivity index (χ2v) is 4.40. The lowest BCUT2D eigenvalue weighted by Crippen LogP contribution is -2.49. The average molecular weight is 170 g/mol. The molecule has 1 heterocycles. The zero-order valence-electron chi connectivity index (χ0n) is 8.11. The Balaban J connectivity index is 2.51. The molecule has 70 valence electrons. The summed E-state index contributed by atoms with van der Waals surface area (Å²) >= 11 is 0. The van der Waals surface area contributed by atoms with E-state index in [2.05, 4.69) is 10.6 Å². The van der Waals surface area contributed by atoms with Gasteiger partial charge in [-0.3, -0.25) is 4.79 Å². The van der Waals surface area contributed by atoms with Gasteiger partial charge in [0.2, 0.25) is 0 Å². The molecule has 12 heavy (non-hydrogen) atoms. The van der Waals surface area contributed by atoms with E-state index in [1.807, 2.05) is 20.8 Å². The predicted octanol–water partition coefficient (Wildman–Crippen LogP) is 0.368. The van der Waals surface area contributed by atoms with Gasteiger partial charge in [-0.05, 0) is 0 Å². The van der Waals surface area contributed by atoms with Gasteiger partial charge in [-0.1, -0.05) is 20.8 Å². The van der Waals surface area contributed by atoms with Crippen molar-refractivity contribution >= 4 is 5.78 Å². The fourth-order valence-electron chi connectivity index (χ4n) is 1.45. The van der Waals surface area contributed by atoms with Crippen LogP contribution in [0.1, 0.15) is 20.8 Å². The summed E-state index contributed by atoms with van der Waals surface area (Å²) in [4.78, 5) is 11.7. The van der Waals surface area contributed by atoms with Gasteiger partial charge in [0.05, 0.1) is 0 Å². The van der Waals surface area contributed by atoms with Crippen LogP contribution in [0.4, 0.5) is 0 Å². The minimum absolute atomic E-state index is 0.152. The van der Waals surface area contributed by atoms with Gasteiger partial charge in [-0.15, -0.1) is 0 Å². The number of nitrogens with one attached hydrogen (secondary N) is 2. The first kappa shape index (κ1) is 9.68. The summed E-state index contributed by atoms with van der Waals surface area (Å²) in [6.07, 6.45) is 0. The van der Waals surface area contributed by atoms with Crippen LogP contribution >= 0.6 is 0 Å². The number of Topliss-reactive ketones (excluding diaryl/α,β-unsaturated/α-hetero) is 1. The molecular weight excluding hydrogens is 152 g/mol. The molecule has 3 heteroatoms. The van der Waals surface area contributed by atoms with Crippen LogP contribution in [0.15, 0.2) is 0 Å². The standard InChI is InChI=1S/C9H18N2O/c1-9(2,3)8(12)7-4-10-6-11-5-7/h7,10-11H,4-6H2,1-3H3. The summed E-state index contributed by atoms with van der Waals surface area (Å²) in [6.45, 7) is 8.40. The van der Waals surface area contributed by atoms with Crippen LogP contribution in [-0.4, -0.2) is 25.5 Å². The Morgan fingerprint density at radius 3 is 2.17 bits per heavy atom. The van der Waals surface area contributed by atoms with Gasteiger partial charge in [0.1, 0.15) is 5.78 Å². The number of carbonyl (C=O) groups excluding carboxylic acids is 1. The molecule has 0 aliphatic carbocycles. The first-order valence-electron chi connectivity index (χ1n) is 4.47. The van der Waals surface area contributed by atoms with E-state index in [1.54, 1.807) is 0 Å². The fourth-order valence-corrected chi connectivity index (χ4v) is 1.45. The second-order valence-electron chi connectivity index (χ2n) is 4.40. The summed E-state index contributed by atoms with van der Waals surface area (Å²) in [7, 11) is 0. The number of rotatable bonds is 1. The highest BCUT2D eigenvalue weighted by Gasteiger charge is 2.30. The third kappa shape index (κ3) is 2.29. The Morgan fingerprint density at radius 2 is 1.75 bits per heavy atom. The Labute approximate surface area is 73.9 Å². The topological polar surface area (TPSA) is 41.1 Å². The summed E-state index contributed by atoms with van der Waals surface area (Å²) in [6, 6.07) is 0. The molecule has 0 amide bonds. The molecule has 0 radical (unpaired) electrons. The average Bonchev–Trinajstić information content (AvgIpc) is 2.03. The first-order chi connectivity index (χ1) is 5.52. The molecule has 0 aromatic carbocycles. The Kier molecular flexibility index (Phi) is 2.85. The van der Waals surface area contributed by atoms with Crippen LogP contribution in [0.3, 0.4) is 0 Å². The van der Waals surface area contributed by atoms with E-state index in [1.165, 1.54) is 0 Å². The van der Waals surface area contributed by atoms with Gasteiger partial charge < -0.3 is 10.6 Å². The number of ketones is 1. The van der Waals surface area contributed by atoms with Gasteiger partial charge in [0.15, 0.2) is 0 Å². The zero-order valence-corrected chi connectivity index (χ0v) is 8.11.